The number of rotatable bonds is 91. The lowest BCUT2D eigenvalue weighted by atomic mass is 9.99. The van der Waals surface area contributed by atoms with Gasteiger partial charge in [0.15, 0.2) is 12.2 Å². The third-order valence-corrected chi connectivity index (χ3v) is 24.3. The van der Waals surface area contributed by atoms with Crippen LogP contribution in [0.15, 0.2) is 0 Å². The summed E-state index contributed by atoms with van der Waals surface area (Å²) in [4.78, 5) is 73.4. The molecule has 0 aromatic carbocycles. The smallest absolute Gasteiger partial charge is 0.462 e. The molecule has 7 atom stereocenters. The zero-order chi connectivity index (χ0) is 81.3. The van der Waals surface area contributed by atoms with Crippen molar-refractivity contribution in [1.29, 1.82) is 0 Å². The molecule has 0 spiro atoms. The Labute approximate surface area is 683 Å². The van der Waals surface area contributed by atoms with Crippen molar-refractivity contribution in [2.24, 2.45) is 11.8 Å². The number of unbranched alkanes of at least 4 members (excludes halogenated alkanes) is 59. The van der Waals surface area contributed by atoms with Crippen molar-refractivity contribution in [1.82, 2.24) is 0 Å². The maximum absolute atomic E-state index is 13.2. The Hall–Kier alpha value is -1.94. The third-order valence-electron chi connectivity index (χ3n) is 22.4. The zero-order valence-corrected chi connectivity index (χ0v) is 75.1. The largest absolute Gasteiger partial charge is 0.472 e. The Bertz CT molecular complexity index is 2120. The maximum atomic E-state index is 13.2. The van der Waals surface area contributed by atoms with E-state index in [9.17, 15) is 43.2 Å². The number of aliphatic hydroxyl groups is 1. The molecule has 111 heavy (non-hydrogen) atoms. The van der Waals surface area contributed by atoms with Crippen molar-refractivity contribution < 1.29 is 80.2 Å². The van der Waals surface area contributed by atoms with Crippen LogP contribution in [0.3, 0.4) is 0 Å². The average Bonchev–Trinajstić information content (AvgIpc) is 0.885. The fourth-order valence-corrected chi connectivity index (χ4v) is 16.0. The van der Waals surface area contributed by atoms with Crippen molar-refractivity contribution in [3.63, 3.8) is 0 Å². The molecular weight excluding hydrogens is 1440 g/mol. The van der Waals surface area contributed by atoms with Gasteiger partial charge in [-0.05, 0) is 37.5 Å². The van der Waals surface area contributed by atoms with Crippen molar-refractivity contribution in [2.45, 2.75) is 516 Å². The van der Waals surface area contributed by atoms with Gasteiger partial charge in [-0.1, -0.05) is 446 Å². The van der Waals surface area contributed by atoms with Crippen LogP contribution in [0.25, 0.3) is 0 Å². The number of hydrogen-bond donors (Lipinski definition) is 3. The highest BCUT2D eigenvalue weighted by atomic mass is 31.2. The molecule has 0 amide bonds. The number of phosphoric ester groups is 2. The van der Waals surface area contributed by atoms with Gasteiger partial charge in [-0.3, -0.25) is 37.3 Å². The number of esters is 4. The standard InChI is InChI=1S/C92H180O17P2/c1-7-11-13-15-17-19-21-23-39-46-52-58-64-70-76-91(96)108-87(80-102-89(94)74-68-62-56-50-44-36-22-20-18-16-14-12-8-2)82-106-110(98,99)104-78-86(93)79-105-111(100,101)107-83-88(109-92(97)77-71-65-59-53-47-41-35-31-27-25-29-33-38-43-49-55-61-67-73-85(6)10-4)81-103-90(95)75-69-63-57-51-45-40-34-30-26-24-28-32-37-42-48-54-60-66-72-84(5)9-3/h84-88,93H,7-83H2,1-6H3,(H,98,99)(H,100,101)/t84?,85?,86-,87+,88+/m0/s1. The molecule has 0 rings (SSSR count). The summed E-state index contributed by atoms with van der Waals surface area (Å²) < 4.78 is 69.1. The van der Waals surface area contributed by atoms with Gasteiger partial charge in [0.05, 0.1) is 26.4 Å². The predicted molar refractivity (Wildman–Crippen MR) is 460 cm³/mol. The van der Waals surface area contributed by atoms with E-state index < -0.39 is 97.5 Å². The molecule has 0 saturated heterocycles. The molecule has 660 valence electrons. The second-order valence-corrected chi connectivity index (χ2v) is 36.4. The molecule has 0 aliphatic heterocycles. The van der Waals surface area contributed by atoms with Crippen molar-refractivity contribution in [3.8, 4) is 0 Å². The minimum atomic E-state index is -4.97. The van der Waals surface area contributed by atoms with E-state index in [1.54, 1.807) is 0 Å². The van der Waals surface area contributed by atoms with Gasteiger partial charge in [0.2, 0.25) is 0 Å². The highest BCUT2D eigenvalue weighted by molar-refractivity contribution is 7.47. The summed E-state index contributed by atoms with van der Waals surface area (Å²) >= 11 is 0. The fraction of sp³-hybridized carbons (Fsp3) is 0.957. The van der Waals surface area contributed by atoms with Crippen molar-refractivity contribution in [3.05, 3.63) is 0 Å². The highest BCUT2D eigenvalue weighted by Crippen LogP contribution is 2.45. The molecule has 0 aromatic rings. The summed E-state index contributed by atoms with van der Waals surface area (Å²) in [6, 6.07) is 0. The molecule has 0 fully saturated rings. The van der Waals surface area contributed by atoms with E-state index in [1.807, 2.05) is 0 Å². The van der Waals surface area contributed by atoms with E-state index in [-0.39, 0.29) is 25.7 Å². The van der Waals surface area contributed by atoms with Crippen LogP contribution in [-0.2, 0) is 65.4 Å². The Morgan fingerprint density at radius 1 is 0.252 bits per heavy atom. The van der Waals surface area contributed by atoms with E-state index in [4.69, 9.17) is 37.0 Å². The SMILES string of the molecule is CCCCCCCCCCCCCCCCC(=O)O[C@H](COC(=O)CCCCCCCCCCCCCCC)COP(=O)(O)OC[C@H](O)COP(=O)(O)OC[C@@H](COC(=O)CCCCCCCCCCCCCCCCCCCCC(C)CC)OC(=O)CCCCCCCCCCCCCCCCCCCCC(C)CC. The van der Waals surface area contributed by atoms with Gasteiger partial charge in [-0.25, -0.2) is 9.13 Å². The van der Waals surface area contributed by atoms with Gasteiger partial charge in [-0.15, -0.1) is 0 Å². The Morgan fingerprint density at radius 2 is 0.432 bits per heavy atom. The number of ether oxygens (including phenoxy) is 4. The van der Waals surface area contributed by atoms with Gasteiger partial charge >= 0.3 is 39.5 Å². The first-order valence-electron chi connectivity index (χ1n) is 47.6. The predicted octanol–water partition coefficient (Wildman–Crippen LogP) is 28.6. The van der Waals surface area contributed by atoms with Gasteiger partial charge in [0.1, 0.15) is 19.3 Å². The summed E-state index contributed by atoms with van der Waals surface area (Å²) in [5, 5.41) is 10.7. The fourth-order valence-electron chi connectivity index (χ4n) is 14.4. The Morgan fingerprint density at radius 3 is 0.640 bits per heavy atom. The maximum Gasteiger partial charge on any atom is 0.472 e. The average molecular weight is 1620 g/mol. The summed E-state index contributed by atoms with van der Waals surface area (Å²) in [5.41, 5.74) is 0. The van der Waals surface area contributed by atoms with Crippen LogP contribution in [0.1, 0.15) is 497 Å². The lowest BCUT2D eigenvalue weighted by molar-refractivity contribution is -0.161. The van der Waals surface area contributed by atoms with Gasteiger partial charge in [0, 0.05) is 25.7 Å². The van der Waals surface area contributed by atoms with Crippen LogP contribution in [0.2, 0.25) is 0 Å². The first-order valence-corrected chi connectivity index (χ1v) is 50.6. The molecular formula is C92H180O17P2. The third kappa shape index (κ3) is 82.9. The second kappa shape index (κ2) is 83.1. The summed E-state index contributed by atoms with van der Waals surface area (Å²) in [5.74, 6) is -0.347. The minimum absolute atomic E-state index is 0.109. The quantitative estimate of drug-likeness (QED) is 0.0222. The number of phosphoric acid groups is 2. The highest BCUT2D eigenvalue weighted by Gasteiger charge is 2.31. The first-order chi connectivity index (χ1) is 53.9. The molecule has 0 aliphatic carbocycles. The summed E-state index contributed by atoms with van der Waals surface area (Å²) in [6.07, 6.45) is 77.7. The molecule has 0 aliphatic rings. The molecule has 0 saturated carbocycles. The number of carbonyl (C=O) groups excluding carboxylic acids is 4. The van der Waals surface area contributed by atoms with Gasteiger partial charge < -0.3 is 33.8 Å². The van der Waals surface area contributed by atoms with E-state index in [1.165, 1.54) is 315 Å². The Balaban J connectivity index is 5.23. The second-order valence-electron chi connectivity index (χ2n) is 33.5. The van der Waals surface area contributed by atoms with E-state index in [2.05, 4.69) is 41.5 Å². The number of carbonyl (C=O) groups is 4. The lowest BCUT2D eigenvalue weighted by Crippen LogP contribution is -2.30. The molecule has 0 aromatic heterocycles. The molecule has 4 unspecified atom stereocenters. The monoisotopic (exact) mass is 1620 g/mol. The molecule has 0 bridgehead atoms. The van der Waals surface area contributed by atoms with Crippen LogP contribution >= 0.6 is 15.6 Å². The van der Waals surface area contributed by atoms with Gasteiger partial charge in [0.25, 0.3) is 0 Å². The van der Waals surface area contributed by atoms with Gasteiger partial charge in [-0.2, -0.15) is 0 Å². The van der Waals surface area contributed by atoms with E-state index >= 15 is 0 Å². The van der Waals surface area contributed by atoms with Crippen molar-refractivity contribution in [2.75, 3.05) is 39.6 Å². The normalized spacial score (nSPS) is 14.2. The minimum Gasteiger partial charge on any atom is -0.462 e. The number of aliphatic hydroxyl groups excluding tert-OH is 1. The molecule has 3 N–H and O–H groups in total. The number of hydrogen-bond acceptors (Lipinski definition) is 15. The van der Waals surface area contributed by atoms with E-state index in [0.717, 1.165) is 102 Å². The first kappa shape index (κ1) is 109. The van der Waals surface area contributed by atoms with Crippen molar-refractivity contribution >= 4 is 39.5 Å². The summed E-state index contributed by atoms with van der Waals surface area (Å²) in [7, 11) is -9.94. The van der Waals surface area contributed by atoms with Crippen LogP contribution in [0.5, 0.6) is 0 Å². The molecule has 0 heterocycles. The van der Waals surface area contributed by atoms with E-state index in [0.29, 0.717) is 25.7 Å². The van der Waals surface area contributed by atoms with Crippen LogP contribution in [-0.4, -0.2) is 96.7 Å². The molecule has 0 radical (unpaired) electrons. The van der Waals surface area contributed by atoms with Crippen LogP contribution in [0.4, 0.5) is 0 Å². The summed E-state index contributed by atoms with van der Waals surface area (Å²) in [6.45, 7) is 9.85. The Kier molecular flexibility index (Phi) is 81.7. The van der Waals surface area contributed by atoms with Crippen LogP contribution < -0.4 is 0 Å². The molecule has 19 heteroatoms. The zero-order valence-electron chi connectivity index (χ0n) is 73.3. The topological polar surface area (TPSA) is 237 Å². The lowest BCUT2D eigenvalue weighted by Gasteiger charge is -2.21. The molecule has 17 nitrogen and oxygen atoms in total. The van der Waals surface area contributed by atoms with Crippen LogP contribution in [0, 0.1) is 11.8 Å².